The Labute approximate surface area is 240 Å². The predicted molar refractivity (Wildman–Crippen MR) is 156 cm³/mol. The van der Waals surface area contributed by atoms with Crippen molar-refractivity contribution < 1.29 is 19.8 Å². The number of carbonyl (C=O) groups is 2. The first-order valence-corrected chi connectivity index (χ1v) is 14.2. The van der Waals surface area contributed by atoms with Crippen LogP contribution in [0.3, 0.4) is 0 Å². The lowest BCUT2D eigenvalue weighted by atomic mass is 9.82. The molecule has 0 aliphatic carbocycles. The maximum absolute atomic E-state index is 13.3. The number of aromatic nitrogens is 3. The Kier molecular flexibility index (Phi) is 8.63. The Morgan fingerprint density at radius 1 is 1.27 bits per heavy atom. The van der Waals surface area contributed by atoms with Gasteiger partial charge in [-0.25, -0.2) is 0 Å². The molecule has 0 bridgehead atoms. The molecule has 5 rings (SSSR count). The second kappa shape index (κ2) is 12.3. The zero-order chi connectivity index (χ0) is 29.0. The summed E-state index contributed by atoms with van der Waals surface area (Å²) in [4.78, 5) is 27.5. The molecule has 10 heteroatoms. The number of carbonyl (C=O) groups excluding carboxylic acids is 2. The minimum absolute atomic E-state index is 0.0586. The first-order chi connectivity index (χ1) is 19.8. The molecule has 3 aromatic rings. The van der Waals surface area contributed by atoms with E-state index in [0.29, 0.717) is 42.1 Å². The summed E-state index contributed by atoms with van der Waals surface area (Å²) in [6.45, 7) is 3.88. The molecule has 1 aromatic heterocycles. The standard InChI is InChI=1S/C31H38N6O4/c1-21(9-6-7-16-37-19-27(34-35-37)25(20-38)22-10-4-3-5-11-22)31(41)26-17-24(13-14-28(26)36(2)30(31)40)33-29(39)23-12-8-15-32-18-23/h3-6,9-11,13-14,17,19,21,23,25,32,38,41H,7-8,12,15-16,18,20H2,1-2H3,(H,33,39)/b9-6+/t21-,23?,25?,31+/m1/s1. The number of amides is 2. The van der Waals surface area contributed by atoms with E-state index < -0.39 is 17.4 Å². The van der Waals surface area contributed by atoms with Crippen LogP contribution in [-0.4, -0.2) is 63.8 Å². The number of aliphatic hydroxyl groups excluding tert-OH is 1. The molecular weight excluding hydrogens is 520 g/mol. The van der Waals surface area contributed by atoms with Gasteiger partial charge in [-0.2, -0.15) is 0 Å². The van der Waals surface area contributed by atoms with Crippen LogP contribution in [0.25, 0.3) is 0 Å². The highest BCUT2D eigenvalue weighted by Crippen LogP contribution is 2.45. The van der Waals surface area contributed by atoms with Crippen molar-refractivity contribution >= 4 is 23.2 Å². The molecule has 2 amide bonds. The van der Waals surface area contributed by atoms with Crippen LogP contribution in [0.1, 0.15) is 48.9 Å². The molecule has 1 saturated heterocycles. The van der Waals surface area contributed by atoms with Crippen molar-refractivity contribution in [1.29, 1.82) is 0 Å². The quantitative estimate of drug-likeness (QED) is 0.281. The van der Waals surface area contributed by atoms with Crippen molar-refractivity contribution in [3.8, 4) is 0 Å². The molecule has 0 radical (unpaired) electrons. The number of hydrogen-bond donors (Lipinski definition) is 4. The fourth-order valence-corrected chi connectivity index (χ4v) is 5.74. The van der Waals surface area contributed by atoms with E-state index in [9.17, 15) is 19.8 Å². The van der Waals surface area contributed by atoms with Gasteiger partial charge in [-0.1, -0.05) is 54.6 Å². The van der Waals surface area contributed by atoms with Crippen LogP contribution < -0.4 is 15.5 Å². The number of benzene rings is 2. The number of hydrogen-bond acceptors (Lipinski definition) is 7. The Morgan fingerprint density at radius 2 is 2.07 bits per heavy atom. The third kappa shape index (κ3) is 5.81. The van der Waals surface area contributed by atoms with E-state index in [2.05, 4.69) is 20.9 Å². The van der Waals surface area contributed by atoms with E-state index in [1.807, 2.05) is 55.6 Å². The maximum Gasteiger partial charge on any atom is 0.264 e. The van der Waals surface area contributed by atoms with Crippen LogP contribution in [0.2, 0.25) is 0 Å². The average molecular weight is 559 g/mol. The number of piperidine rings is 1. The van der Waals surface area contributed by atoms with Crippen LogP contribution in [0.15, 0.2) is 66.9 Å². The van der Waals surface area contributed by atoms with E-state index in [-0.39, 0.29) is 24.3 Å². The molecule has 2 aliphatic rings. The monoisotopic (exact) mass is 558 g/mol. The highest BCUT2D eigenvalue weighted by atomic mass is 16.3. The predicted octanol–water partition coefficient (Wildman–Crippen LogP) is 2.79. The molecule has 216 valence electrons. The minimum atomic E-state index is -1.75. The fraction of sp³-hybridized carbons (Fsp3) is 0.419. The SMILES string of the molecule is C[C@H](/C=C/CCn1cc(C(CO)c2ccccc2)nn1)[C@@]1(O)C(=O)N(C)c2ccc(NC(=O)C3CCCNC3)cc21. The molecule has 2 aromatic carbocycles. The number of aliphatic hydroxyl groups is 2. The largest absolute Gasteiger partial charge is 0.395 e. The van der Waals surface area contributed by atoms with E-state index in [1.165, 1.54) is 4.90 Å². The first kappa shape index (κ1) is 28.7. The zero-order valence-electron chi connectivity index (χ0n) is 23.5. The molecule has 4 atom stereocenters. The summed E-state index contributed by atoms with van der Waals surface area (Å²) in [7, 11) is 1.65. The highest BCUT2D eigenvalue weighted by molar-refractivity contribution is 6.07. The fourth-order valence-electron chi connectivity index (χ4n) is 5.74. The molecule has 1 fully saturated rings. The summed E-state index contributed by atoms with van der Waals surface area (Å²) in [6.07, 6.45) is 8.02. The summed E-state index contributed by atoms with van der Waals surface area (Å²) in [5.74, 6) is -1.32. The van der Waals surface area contributed by atoms with Gasteiger partial charge in [0, 0.05) is 43.5 Å². The highest BCUT2D eigenvalue weighted by Gasteiger charge is 2.51. The molecule has 3 heterocycles. The lowest BCUT2D eigenvalue weighted by Gasteiger charge is -2.27. The molecule has 0 saturated carbocycles. The average Bonchev–Trinajstić information content (AvgIpc) is 3.54. The second-order valence-electron chi connectivity index (χ2n) is 11.0. The van der Waals surface area contributed by atoms with Gasteiger partial charge < -0.3 is 25.7 Å². The maximum atomic E-state index is 13.3. The molecule has 10 nitrogen and oxygen atoms in total. The summed E-state index contributed by atoms with van der Waals surface area (Å²) in [6, 6.07) is 15.0. The second-order valence-corrected chi connectivity index (χ2v) is 11.0. The van der Waals surface area contributed by atoms with Crippen molar-refractivity contribution in [2.45, 2.75) is 44.2 Å². The lowest BCUT2D eigenvalue weighted by Crippen LogP contribution is -2.43. The van der Waals surface area contributed by atoms with Gasteiger partial charge in [-0.05, 0) is 49.6 Å². The number of nitrogens with one attached hydrogen (secondary N) is 2. The van der Waals surface area contributed by atoms with Crippen LogP contribution in [0.5, 0.6) is 0 Å². The number of likely N-dealkylation sites (N-methyl/N-ethyl adjacent to an activating group) is 1. The van der Waals surface area contributed by atoms with Gasteiger partial charge in [0.15, 0.2) is 5.60 Å². The van der Waals surface area contributed by atoms with E-state index in [0.717, 1.165) is 24.9 Å². The van der Waals surface area contributed by atoms with Crippen LogP contribution in [-0.2, 0) is 21.7 Å². The Hall–Kier alpha value is -3.86. The Balaban J connectivity index is 1.25. The summed E-state index contributed by atoms with van der Waals surface area (Å²) >= 11 is 0. The van der Waals surface area contributed by atoms with Crippen LogP contribution >= 0.6 is 0 Å². The minimum Gasteiger partial charge on any atom is -0.395 e. The number of allylic oxidation sites excluding steroid dienone is 1. The molecule has 4 N–H and O–H groups in total. The third-order valence-corrected chi connectivity index (χ3v) is 8.24. The van der Waals surface area contributed by atoms with Gasteiger partial charge in [0.2, 0.25) is 5.91 Å². The normalized spacial score (nSPS) is 22.1. The van der Waals surface area contributed by atoms with Gasteiger partial charge in [0.1, 0.15) is 0 Å². The van der Waals surface area contributed by atoms with Crippen molar-refractivity contribution in [3.05, 3.63) is 83.7 Å². The molecule has 0 spiro atoms. The zero-order valence-corrected chi connectivity index (χ0v) is 23.5. The first-order valence-electron chi connectivity index (χ1n) is 14.2. The number of fused-ring (bicyclic) bond motifs is 1. The van der Waals surface area contributed by atoms with Crippen molar-refractivity contribution in [1.82, 2.24) is 20.3 Å². The topological polar surface area (TPSA) is 133 Å². The number of nitrogens with zero attached hydrogens (tertiary/aromatic N) is 4. The smallest absolute Gasteiger partial charge is 0.264 e. The van der Waals surface area contributed by atoms with E-state index in [1.54, 1.807) is 29.9 Å². The van der Waals surface area contributed by atoms with Crippen molar-refractivity contribution in [2.24, 2.45) is 11.8 Å². The van der Waals surface area contributed by atoms with Crippen molar-refractivity contribution in [2.75, 3.05) is 37.0 Å². The van der Waals surface area contributed by atoms with Gasteiger partial charge in [-0.3, -0.25) is 14.3 Å². The van der Waals surface area contributed by atoms with Gasteiger partial charge in [0.25, 0.3) is 5.91 Å². The Bertz CT molecular complexity index is 1400. The molecular formula is C31H38N6O4. The van der Waals surface area contributed by atoms with Gasteiger partial charge in [0.05, 0.1) is 29.8 Å². The molecule has 2 aliphatic heterocycles. The lowest BCUT2D eigenvalue weighted by molar-refractivity contribution is -0.139. The van der Waals surface area contributed by atoms with E-state index in [4.69, 9.17) is 0 Å². The number of anilines is 2. The van der Waals surface area contributed by atoms with Gasteiger partial charge in [-0.15, -0.1) is 5.10 Å². The van der Waals surface area contributed by atoms with Crippen LogP contribution in [0.4, 0.5) is 11.4 Å². The van der Waals surface area contributed by atoms with Gasteiger partial charge >= 0.3 is 0 Å². The van der Waals surface area contributed by atoms with Crippen LogP contribution in [0, 0.1) is 11.8 Å². The summed E-state index contributed by atoms with van der Waals surface area (Å²) in [5, 5.41) is 36.4. The number of aryl methyl sites for hydroxylation is 1. The van der Waals surface area contributed by atoms with E-state index >= 15 is 0 Å². The molecule has 2 unspecified atom stereocenters. The summed E-state index contributed by atoms with van der Waals surface area (Å²) < 4.78 is 1.73. The Morgan fingerprint density at radius 3 is 2.80 bits per heavy atom. The van der Waals surface area contributed by atoms with Crippen molar-refractivity contribution in [3.63, 3.8) is 0 Å². The third-order valence-electron chi connectivity index (χ3n) is 8.24. The number of rotatable bonds is 10. The summed E-state index contributed by atoms with van der Waals surface area (Å²) in [5.41, 5.74) is 1.60. The molecule has 41 heavy (non-hydrogen) atoms.